The van der Waals surface area contributed by atoms with Crippen LogP contribution in [0.1, 0.15) is 25.3 Å². The van der Waals surface area contributed by atoms with Crippen molar-refractivity contribution in [1.29, 1.82) is 0 Å². The van der Waals surface area contributed by atoms with E-state index < -0.39 is 12.8 Å². The van der Waals surface area contributed by atoms with Gasteiger partial charge < -0.3 is 20.3 Å². The van der Waals surface area contributed by atoms with E-state index in [0.29, 0.717) is 12.5 Å². The Morgan fingerprint density at radius 1 is 1.25 bits per heavy atom. The van der Waals surface area contributed by atoms with E-state index in [-0.39, 0.29) is 29.7 Å². The van der Waals surface area contributed by atoms with Crippen LogP contribution in [0.4, 0.5) is 13.2 Å². The zero-order valence-corrected chi connectivity index (χ0v) is 18.7. The van der Waals surface area contributed by atoms with Crippen molar-refractivity contribution >= 4 is 29.9 Å². The highest BCUT2D eigenvalue weighted by Crippen LogP contribution is 2.19. The van der Waals surface area contributed by atoms with Crippen LogP contribution < -0.4 is 15.4 Å². The molecule has 0 aliphatic carbocycles. The van der Waals surface area contributed by atoms with Gasteiger partial charge in [0.05, 0.1) is 0 Å². The van der Waals surface area contributed by atoms with Gasteiger partial charge in [-0.25, -0.2) is 0 Å². The Kier molecular flexibility index (Phi) is 10.9. The number of hydrogen-bond donors (Lipinski definition) is 2. The van der Waals surface area contributed by atoms with Crippen molar-refractivity contribution in [3.63, 3.8) is 0 Å². The van der Waals surface area contributed by atoms with Gasteiger partial charge in [0.15, 0.2) is 12.6 Å². The fourth-order valence-corrected chi connectivity index (χ4v) is 3.10. The highest BCUT2D eigenvalue weighted by atomic mass is 127. The van der Waals surface area contributed by atoms with Crippen molar-refractivity contribution in [1.82, 2.24) is 15.5 Å². The maximum Gasteiger partial charge on any atom is 0.422 e. The molecule has 0 amide bonds. The molecule has 0 spiro atoms. The van der Waals surface area contributed by atoms with Gasteiger partial charge in [-0.15, -0.1) is 24.0 Å². The summed E-state index contributed by atoms with van der Waals surface area (Å²) in [5.41, 5.74) is 0.933. The van der Waals surface area contributed by atoms with E-state index in [0.717, 1.165) is 37.7 Å². The van der Waals surface area contributed by atoms with Crippen LogP contribution in [0.3, 0.4) is 0 Å². The summed E-state index contributed by atoms with van der Waals surface area (Å²) in [7, 11) is 1.71. The Labute approximate surface area is 182 Å². The van der Waals surface area contributed by atoms with E-state index in [1.54, 1.807) is 19.2 Å². The molecule has 1 atom stereocenters. The van der Waals surface area contributed by atoms with E-state index >= 15 is 0 Å². The minimum Gasteiger partial charge on any atom is -0.484 e. The first-order valence-corrected chi connectivity index (χ1v) is 9.31. The normalized spacial score (nSPS) is 18.3. The molecule has 0 saturated carbocycles. The second kappa shape index (κ2) is 12.4. The lowest BCUT2D eigenvalue weighted by atomic mass is 10.0. The van der Waals surface area contributed by atoms with Crippen LogP contribution >= 0.6 is 24.0 Å². The van der Waals surface area contributed by atoms with Crippen LogP contribution in [-0.2, 0) is 6.54 Å². The number of piperidine rings is 1. The lowest BCUT2D eigenvalue weighted by Crippen LogP contribution is -2.43. The lowest BCUT2D eigenvalue weighted by molar-refractivity contribution is -0.153. The first kappa shape index (κ1) is 24.8. The van der Waals surface area contributed by atoms with Gasteiger partial charge in [0, 0.05) is 33.2 Å². The first-order valence-electron chi connectivity index (χ1n) is 9.31. The standard InChI is InChI=1S/C19H29F3N4O.HI/c1-15-4-3-10-26(13-15)11-9-24-18(23-2)25-12-16-5-7-17(8-6-16)27-14-19(20,21)22;/h5-8,15H,3-4,9-14H2,1-2H3,(H2,23,24,25);1H. The monoisotopic (exact) mass is 514 g/mol. The molecule has 5 nitrogen and oxygen atoms in total. The molecular formula is C19H30F3IN4O. The van der Waals surface area contributed by atoms with E-state index in [9.17, 15) is 13.2 Å². The number of likely N-dealkylation sites (tertiary alicyclic amines) is 1. The van der Waals surface area contributed by atoms with E-state index in [4.69, 9.17) is 4.74 Å². The van der Waals surface area contributed by atoms with Gasteiger partial charge in [-0.3, -0.25) is 4.99 Å². The van der Waals surface area contributed by atoms with Gasteiger partial charge >= 0.3 is 6.18 Å². The van der Waals surface area contributed by atoms with Crippen molar-refractivity contribution in [3.8, 4) is 5.75 Å². The average molecular weight is 514 g/mol. The average Bonchev–Trinajstić information content (AvgIpc) is 2.63. The molecule has 9 heteroatoms. The van der Waals surface area contributed by atoms with Crippen LogP contribution in [-0.4, -0.2) is 56.9 Å². The molecule has 1 aromatic carbocycles. The third-order valence-electron chi connectivity index (χ3n) is 4.47. The van der Waals surface area contributed by atoms with E-state index in [1.807, 2.05) is 0 Å². The fourth-order valence-electron chi connectivity index (χ4n) is 3.10. The Morgan fingerprint density at radius 2 is 1.96 bits per heavy atom. The summed E-state index contributed by atoms with van der Waals surface area (Å²) >= 11 is 0. The Balaban J connectivity index is 0.00000392. The maximum absolute atomic E-state index is 12.2. The number of nitrogens with one attached hydrogen (secondary N) is 2. The number of alkyl halides is 3. The lowest BCUT2D eigenvalue weighted by Gasteiger charge is -2.30. The molecular weight excluding hydrogens is 484 g/mol. The summed E-state index contributed by atoms with van der Waals surface area (Å²) in [5, 5.41) is 6.51. The number of guanidine groups is 1. The van der Waals surface area contributed by atoms with Crippen molar-refractivity contribution in [2.24, 2.45) is 10.9 Å². The van der Waals surface area contributed by atoms with Crippen LogP contribution in [0.2, 0.25) is 0 Å². The second-order valence-electron chi connectivity index (χ2n) is 6.95. The molecule has 2 N–H and O–H groups in total. The van der Waals surface area contributed by atoms with Crippen molar-refractivity contribution < 1.29 is 17.9 Å². The summed E-state index contributed by atoms with van der Waals surface area (Å²) in [6.45, 7) is 5.64. The van der Waals surface area contributed by atoms with Crippen LogP contribution in [0.15, 0.2) is 29.3 Å². The Hall–Kier alpha value is -1.23. The number of rotatable bonds is 7. The van der Waals surface area contributed by atoms with Gasteiger partial charge in [-0.1, -0.05) is 19.1 Å². The number of nitrogens with zero attached hydrogens (tertiary/aromatic N) is 2. The smallest absolute Gasteiger partial charge is 0.422 e. The predicted molar refractivity (Wildman–Crippen MR) is 116 cm³/mol. The highest BCUT2D eigenvalue weighted by molar-refractivity contribution is 14.0. The summed E-state index contributed by atoms with van der Waals surface area (Å²) in [6.07, 6.45) is -1.76. The molecule has 1 aromatic rings. The predicted octanol–water partition coefficient (Wildman–Crippen LogP) is 3.64. The minimum absolute atomic E-state index is 0. The zero-order valence-electron chi connectivity index (χ0n) is 16.4. The van der Waals surface area contributed by atoms with Crippen molar-refractivity contribution in [3.05, 3.63) is 29.8 Å². The third kappa shape index (κ3) is 9.81. The highest BCUT2D eigenvalue weighted by Gasteiger charge is 2.28. The van der Waals surface area contributed by atoms with Gasteiger partial charge in [-0.05, 0) is 43.0 Å². The van der Waals surface area contributed by atoms with Crippen LogP contribution in [0.5, 0.6) is 5.75 Å². The van der Waals surface area contributed by atoms with Gasteiger partial charge in [0.1, 0.15) is 5.75 Å². The minimum atomic E-state index is -4.33. The molecule has 1 unspecified atom stereocenters. The second-order valence-corrected chi connectivity index (χ2v) is 6.95. The molecule has 1 heterocycles. The molecule has 0 radical (unpaired) electrons. The van der Waals surface area contributed by atoms with Crippen LogP contribution in [0.25, 0.3) is 0 Å². The summed E-state index contributed by atoms with van der Waals surface area (Å²) in [6, 6.07) is 6.55. The van der Waals surface area contributed by atoms with E-state index in [1.165, 1.54) is 25.0 Å². The summed E-state index contributed by atoms with van der Waals surface area (Å²) in [5.74, 6) is 1.67. The number of aliphatic imine (C=N–C) groups is 1. The number of ether oxygens (including phenoxy) is 1. The molecule has 1 fully saturated rings. The third-order valence-corrected chi connectivity index (χ3v) is 4.47. The fraction of sp³-hybridized carbons (Fsp3) is 0.632. The molecule has 1 aliphatic heterocycles. The van der Waals surface area contributed by atoms with Crippen LogP contribution in [0, 0.1) is 5.92 Å². The van der Waals surface area contributed by atoms with Gasteiger partial charge in [-0.2, -0.15) is 13.2 Å². The van der Waals surface area contributed by atoms with E-state index in [2.05, 4.69) is 27.4 Å². The Bertz CT molecular complexity index is 596. The number of halogens is 4. The van der Waals surface area contributed by atoms with Gasteiger partial charge in [0.2, 0.25) is 0 Å². The maximum atomic E-state index is 12.2. The number of benzene rings is 1. The first-order chi connectivity index (χ1) is 12.9. The summed E-state index contributed by atoms with van der Waals surface area (Å²) in [4.78, 5) is 6.67. The zero-order chi connectivity index (χ0) is 19.7. The largest absolute Gasteiger partial charge is 0.484 e. The molecule has 0 bridgehead atoms. The molecule has 160 valence electrons. The SMILES string of the molecule is CN=C(NCCN1CCCC(C)C1)NCc1ccc(OCC(F)(F)F)cc1.I. The summed E-state index contributed by atoms with van der Waals surface area (Å²) < 4.78 is 41.2. The quantitative estimate of drug-likeness (QED) is 0.332. The molecule has 28 heavy (non-hydrogen) atoms. The van der Waals surface area contributed by atoms with Crippen molar-refractivity contribution in [2.75, 3.05) is 39.8 Å². The molecule has 1 aliphatic rings. The Morgan fingerprint density at radius 3 is 2.57 bits per heavy atom. The van der Waals surface area contributed by atoms with Crippen molar-refractivity contribution in [2.45, 2.75) is 32.5 Å². The molecule has 0 aromatic heterocycles. The topological polar surface area (TPSA) is 48.9 Å². The molecule has 1 saturated heterocycles. The number of hydrogen-bond acceptors (Lipinski definition) is 3. The molecule has 2 rings (SSSR count). The van der Waals surface area contributed by atoms with Gasteiger partial charge in [0.25, 0.3) is 0 Å².